The molecule has 0 spiro atoms. The number of piperidine rings is 1. The number of thiophene rings is 1. The van der Waals surface area contributed by atoms with E-state index in [1.165, 1.54) is 35.5 Å². The monoisotopic (exact) mass is 255 g/mol. The molecular weight excluding hydrogens is 238 g/mol. The lowest BCUT2D eigenvalue weighted by atomic mass is 10.1. The first-order valence-electron chi connectivity index (χ1n) is 6.50. The number of allylic oxidation sites excluding steroid dienone is 1. The molecule has 2 aromatic rings. The number of anilines is 1. The average molecular weight is 255 g/mol. The van der Waals surface area contributed by atoms with E-state index < -0.39 is 0 Å². The van der Waals surface area contributed by atoms with Gasteiger partial charge in [0.1, 0.15) is 0 Å². The number of hydrogen-bond donors (Lipinski definition) is 0. The van der Waals surface area contributed by atoms with Crippen LogP contribution >= 0.6 is 11.3 Å². The van der Waals surface area contributed by atoms with E-state index in [1.807, 2.05) is 11.3 Å². The normalized spacial score (nSPS) is 18.2. The number of hydrogen-bond acceptors (Lipinski definition) is 2. The van der Waals surface area contributed by atoms with E-state index in [9.17, 15) is 0 Å². The molecular formula is C16H17NS. The van der Waals surface area contributed by atoms with Crippen LogP contribution in [0.3, 0.4) is 0 Å². The van der Waals surface area contributed by atoms with E-state index in [-0.39, 0.29) is 0 Å². The van der Waals surface area contributed by atoms with Crippen molar-refractivity contribution in [2.24, 2.45) is 0 Å². The van der Waals surface area contributed by atoms with Gasteiger partial charge >= 0.3 is 0 Å². The van der Waals surface area contributed by atoms with Gasteiger partial charge in [-0.2, -0.15) is 0 Å². The maximum atomic E-state index is 2.46. The second-order valence-corrected chi connectivity index (χ2v) is 5.57. The van der Waals surface area contributed by atoms with Gasteiger partial charge < -0.3 is 4.90 Å². The van der Waals surface area contributed by atoms with Gasteiger partial charge in [0.25, 0.3) is 0 Å². The summed E-state index contributed by atoms with van der Waals surface area (Å²) in [6, 6.07) is 15.0. The largest absolute Gasteiger partial charge is 0.345 e. The molecule has 1 nitrogen and oxygen atoms in total. The molecule has 0 aliphatic carbocycles. The highest BCUT2D eigenvalue weighted by Crippen LogP contribution is 2.29. The summed E-state index contributed by atoms with van der Waals surface area (Å²) in [5, 5.41) is 2.14. The predicted octanol–water partition coefficient (Wildman–Crippen LogP) is 4.78. The number of para-hydroxylation sites is 1. The van der Waals surface area contributed by atoms with Crippen LogP contribution in [0.25, 0.3) is 6.08 Å². The molecule has 2 heteroatoms. The first-order chi connectivity index (χ1) is 8.93. The van der Waals surface area contributed by atoms with Crippen LogP contribution in [-0.2, 0) is 0 Å². The summed E-state index contributed by atoms with van der Waals surface area (Å²) in [6.07, 6.45) is 6.13. The first kappa shape index (κ1) is 11.5. The van der Waals surface area contributed by atoms with Gasteiger partial charge in [-0.05, 0) is 48.9 Å². The van der Waals surface area contributed by atoms with Crippen molar-refractivity contribution in [1.29, 1.82) is 0 Å². The second kappa shape index (κ2) is 5.40. The smallest absolute Gasteiger partial charge is 0.0408 e. The highest BCUT2D eigenvalue weighted by molar-refractivity contribution is 7.10. The molecule has 92 valence electrons. The third-order valence-electron chi connectivity index (χ3n) is 3.33. The van der Waals surface area contributed by atoms with Crippen molar-refractivity contribution >= 4 is 23.1 Å². The van der Waals surface area contributed by atoms with E-state index in [2.05, 4.69) is 58.8 Å². The Morgan fingerprint density at radius 2 is 1.89 bits per heavy atom. The Labute approximate surface area is 112 Å². The van der Waals surface area contributed by atoms with Crippen LogP contribution in [0.15, 0.2) is 53.5 Å². The van der Waals surface area contributed by atoms with E-state index >= 15 is 0 Å². The zero-order valence-corrected chi connectivity index (χ0v) is 11.2. The van der Waals surface area contributed by atoms with Gasteiger partial charge in [-0.3, -0.25) is 0 Å². The molecule has 18 heavy (non-hydrogen) atoms. The minimum Gasteiger partial charge on any atom is -0.345 e. The van der Waals surface area contributed by atoms with Crippen molar-refractivity contribution in [2.75, 3.05) is 11.4 Å². The van der Waals surface area contributed by atoms with Gasteiger partial charge in [0.2, 0.25) is 0 Å². The zero-order chi connectivity index (χ0) is 12.2. The maximum Gasteiger partial charge on any atom is 0.0408 e. The Kier molecular flexibility index (Phi) is 3.47. The molecule has 1 aromatic carbocycles. The minimum atomic E-state index is 1.14. The molecule has 0 amide bonds. The quantitative estimate of drug-likeness (QED) is 0.746. The molecule has 1 aromatic heterocycles. The predicted molar refractivity (Wildman–Crippen MR) is 79.9 cm³/mol. The molecule has 0 radical (unpaired) electrons. The summed E-state index contributed by atoms with van der Waals surface area (Å²) < 4.78 is 0. The highest BCUT2D eigenvalue weighted by atomic mass is 32.1. The van der Waals surface area contributed by atoms with Gasteiger partial charge in [-0.1, -0.05) is 24.3 Å². The third-order valence-corrected chi connectivity index (χ3v) is 4.15. The molecule has 1 aliphatic heterocycles. The number of benzene rings is 1. The van der Waals surface area contributed by atoms with Gasteiger partial charge in [0, 0.05) is 22.8 Å². The lowest BCUT2D eigenvalue weighted by molar-refractivity contribution is 0.643. The van der Waals surface area contributed by atoms with Crippen molar-refractivity contribution < 1.29 is 0 Å². The summed E-state index contributed by atoms with van der Waals surface area (Å²) >= 11 is 1.81. The summed E-state index contributed by atoms with van der Waals surface area (Å²) in [6.45, 7) is 1.14. The second-order valence-electron chi connectivity index (χ2n) is 4.60. The molecule has 0 saturated carbocycles. The minimum absolute atomic E-state index is 1.14. The average Bonchev–Trinajstić information content (AvgIpc) is 2.93. The molecule has 0 N–H and O–H groups in total. The van der Waals surface area contributed by atoms with Gasteiger partial charge in [-0.25, -0.2) is 0 Å². The van der Waals surface area contributed by atoms with Crippen LogP contribution < -0.4 is 4.90 Å². The first-order valence-corrected chi connectivity index (χ1v) is 7.38. The Morgan fingerprint density at radius 3 is 2.67 bits per heavy atom. The SMILES string of the molecule is C(=C1CCCCN1c1ccccc1)c1cccs1. The van der Waals surface area contributed by atoms with Crippen LogP contribution in [0, 0.1) is 0 Å². The molecule has 1 saturated heterocycles. The van der Waals surface area contributed by atoms with Crippen molar-refractivity contribution in [1.82, 2.24) is 0 Å². The van der Waals surface area contributed by atoms with Crippen molar-refractivity contribution in [3.05, 3.63) is 58.4 Å². The molecule has 1 aliphatic rings. The van der Waals surface area contributed by atoms with E-state index in [0.717, 1.165) is 6.54 Å². The van der Waals surface area contributed by atoms with Crippen LogP contribution in [0.4, 0.5) is 5.69 Å². The van der Waals surface area contributed by atoms with Crippen molar-refractivity contribution in [3.63, 3.8) is 0 Å². The maximum absolute atomic E-state index is 2.46. The van der Waals surface area contributed by atoms with Crippen molar-refractivity contribution in [3.8, 4) is 0 Å². The van der Waals surface area contributed by atoms with Gasteiger partial charge in [0.15, 0.2) is 0 Å². The van der Waals surface area contributed by atoms with E-state index in [1.54, 1.807) is 0 Å². The Morgan fingerprint density at radius 1 is 1.00 bits per heavy atom. The third kappa shape index (κ3) is 2.49. The molecule has 3 rings (SSSR count). The van der Waals surface area contributed by atoms with E-state index in [0.29, 0.717) is 0 Å². The lowest BCUT2D eigenvalue weighted by Gasteiger charge is -2.31. The molecule has 0 bridgehead atoms. The zero-order valence-electron chi connectivity index (χ0n) is 10.4. The molecule has 0 atom stereocenters. The molecule has 1 fully saturated rings. The van der Waals surface area contributed by atoms with Crippen LogP contribution in [0.2, 0.25) is 0 Å². The topological polar surface area (TPSA) is 3.24 Å². The summed E-state index contributed by atoms with van der Waals surface area (Å²) in [4.78, 5) is 3.82. The fraction of sp³-hybridized carbons (Fsp3) is 0.250. The standard InChI is InChI=1S/C16H17NS/c1-2-7-14(8-3-1)17-11-5-4-9-15(17)13-16-10-6-12-18-16/h1-3,6-8,10,12-13H,4-5,9,11H2. The van der Waals surface area contributed by atoms with Crippen LogP contribution in [0.5, 0.6) is 0 Å². The summed E-state index contributed by atoms with van der Waals surface area (Å²) in [5.41, 5.74) is 2.77. The fourth-order valence-electron chi connectivity index (χ4n) is 2.45. The molecule has 0 unspecified atom stereocenters. The van der Waals surface area contributed by atoms with Crippen LogP contribution in [0.1, 0.15) is 24.1 Å². The summed E-state index contributed by atoms with van der Waals surface area (Å²) in [5.74, 6) is 0. The summed E-state index contributed by atoms with van der Waals surface area (Å²) in [7, 11) is 0. The fourth-order valence-corrected chi connectivity index (χ4v) is 3.12. The Bertz CT molecular complexity index is 513. The highest BCUT2D eigenvalue weighted by Gasteiger charge is 2.16. The Hall–Kier alpha value is -1.54. The van der Waals surface area contributed by atoms with Crippen LogP contribution in [-0.4, -0.2) is 6.54 Å². The molecule has 2 heterocycles. The van der Waals surface area contributed by atoms with Crippen molar-refractivity contribution in [2.45, 2.75) is 19.3 Å². The van der Waals surface area contributed by atoms with Gasteiger partial charge in [-0.15, -0.1) is 11.3 Å². The number of rotatable bonds is 2. The lowest BCUT2D eigenvalue weighted by Crippen LogP contribution is -2.27. The Balaban J connectivity index is 1.91. The number of nitrogens with zero attached hydrogens (tertiary/aromatic N) is 1. The van der Waals surface area contributed by atoms with E-state index in [4.69, 9.17) is 0 Å². The van der Waals surface area contributed by atoms with Gasteiger partial charge in [0.05, 0.1) is 0 Å².